The normalized spacial score (nSPS) is 31.8. The van der Waals surface area contributed by atoms with E-state index in [1.165, 1.54) is 4.90 Å². The molecule has 6 heteroatoms. The molecule has 2 heterocycles. The minimum absolute atomic E-state index is 0.126. The van der Waals surface area contributed by atoms with Gasteiger partial charge < -0.3 is 19.8 Å². The van der Waals surface area contributed by atoms with E-state index in [0.717, 1.165) is 19.4 Å². The Morgan fingerprint density at radius 3 is 2.78 bits per heavy atom. The number of ether oxygens (including phenoxy) is 1. The quantitative estimate of drug-likeness (QED) is 0.739. The lowest BCUT2D eigenvalue weighted by Crippen LogP contribution is -2.40. The molecule has 0 aliphatic carbocycles. The molecule has 2 N–H and O–H groups in total. The standard InChI is InChI=1S/C12H19NO5/c14-8-6-10(12(16)17)13(7-8)11(15)4-3-9-2-1-5-18-9/h8-10,14H,1-7H2,(H,16,17)/t8-,9?,10-/m1/s1. The third kappa shape index (κ3) is 3.00. The van der Waals surface area contributed by atoms with Crippen LogP contribution in [0.15, 0.2) is 0 Å². The number of aliphatic hydroxyl groups is 1. The maximum absolute atomic E-state index is 12.0. The molecule has 18 heavy (non-hydrogen) atoms. The Bertz CT molecular complexity index is 326. The fraction of sp³-hybridized carbons (Fsp3) is 0.833. The van der Waals surface area contributed by atoms with Gasteiger partial charge in [-0.1, -0.05) is 0 Å². The van der Waals surface area contributed by atoms with E-state index in [0.29, 0.717) is 12.8 Å². The van der Waals surface area contributed by atoms with Gasteiger partial charge in [0.15, 0.2) is 0 Å². The number of nitrogens with zero attached hydrogens (tertiary/aromatic N) is 1. The van der Waals surface area contributed by atoms with E-state index in [1.54, 1.807) is 0 Å². The van der Waals surface area contributed by atoms with Crippen LogP contribution in [0.5, 0.6) is 0 Å². The number of carbonyl (C=O) groups is 2. The molecule has 3 atom stereocenters. The Morgan fingerprint density at radius 1 is 1.39 bits per heavy atom. The highest BCUT2D eigenvalue weighted by atomic mass is 16.5. The van der Waals surface area contributed by atoms with E-state index in [4.69, 9.17) is 9.84 Å². The topological polar surface area (TPSA) is 87.1 Å². The average Bonchev–Trinajstić information content (AvgIpc) is 2.94. The van der Waals surface area contributed by atoms with Gasteiger partial charge in [-0.15, -0.1) is 0 Å². The maximum atomic E-state index is 12.0. The van der Waals surface area contributed by atoms with Gasteiger partial charge in [-0.3, -0.25) is 4.79 Å². The van der Waals surface area contributed by atoms with Gasteiger partial charge in [-0.25, -0.2) is 4.79 Å². The predicted octanol–water partition coefficient (Wildman–Crippen LogP) is -0.00800. The van der Waals surface area contributed by atoms with Crippen molar-refractivity contribution in [1.82, 2.24) is 4.90 Å². The van der Waals surface area contributed by atoms with Crippen LogP contribution in [0.25, 0.3) is 0 Å². The van der Waals surface area contributed by atoms with E-state index in [-0.39, 0.29) is 25.0 Å². The van der Waals surface area contributed by atoms with Gasteiger partial charge in [-0.2, -0.15) is 0 Å². The van der Waals surface area contributed by atoms with Gasteiger partial charge >= 0.3 is 5.97 Å². The summed E-state index contributed by atoms with van der Waals surface area (Å²) in [7, 11) is 0. The molecule has 0 spiro atoms. The molecular formula is C12H19NO5. The summed E-state index contributed by atoms with van der Waals surface area (Å²) in [5.74, 6) is -1.24. The second-order valence-corrected chi connectivity index (χ2v) is 4.96. The molecule has 1 unspecified atom stereocenters. The van der Waals surface area contributed by atoms with E-state index < -0.39 is 18.1 Å². The summed E-state index contributed by atoms with van der Waals surface area (Å²) in [6.07, 6.45) is 2.46. The Morgan fingerprint density at radius 2 is 2.17 bits per heavy atom. The highest BCUT2D eigenvalue weighted by Gasteiger charge is 2.38. The lowest BCUT2D eigenvalue weighted by Gasteiger charge is -2.21. The molecule has 0 aromatic rings. The average molecular weight is 257 g/mol. The number of rotatable bonds is 4. The number of aliphatic carboxylic acids is 1. The molecule has 6 nitrogen and oxygen atoms in total. The van der Waals surface area contributed by atoms with Gasteiger partial charge in [0.25, 0.3) is 0 Å². The number of carboxylic acid groups (broad SMARTS) is 1. The Kier molecular flexibility index (Phi) is 4.19. The summed E-state index contributed by atoms with van der Waals surface area (Å²) in [5.41, 5.74) is 0. The smallest absolute Gasteiger partial charge is 0.326 e. The molecule has 2 aliphatic rings. The summed E-state index contributed by atoms with van der Waals surface area (Å²) >= 11 is 0. The first kappa shape index (κ1) is 13.3. The van der Waals surface area contributed by atoms with Gasteiger partial charge in [0.2, 0.25) is 5.91 Å². The molecule has 0 radical (unpaired) electrons. The lowest BCUT2D eigenvalue weighted by atomic mass is 10.1. The molecule has 0 aromatic carbocycles. The van der Waals surface area contributed by atoms with Crippen LogP contribution < -0.4 is 0 Å². The zero-order chi connectivity index (χ0) is 13.1. The minimum atomic E-state index is -1.04. The van der Waals surface area contributed by atoms with E-state index >= 15 is 0 Å². The van der Waals surface area contributed by atoms with E-state index in [2.05, 4.69) is 0 Å². The van der Waals surface area contributed by atoms with Crippen molar-refractivity contribution < 1.29 is 24.5 Å². The Labute approximate surface area is 106 Å². The monoisotopic (exact) mass is 257 g/mol. The second kappa shape index (κ2) is 5.67. The fourth-order valence-corrected chi connectivity index (χ4v) is 2.62. The van der Waals surface area contributed by atoms with Crippen LogP contribution in [-0.2, 0) is 14.3 Å². The molecular weight excluding hydrogens is 238 g/mol. The van der Waals surface area contributed by atoms with Crippen molar-refractivity contribution in [2.24, 2.45) is 0 Å². The zero-order valence-corrected chi connectivity index (χ0v) is 10.2. The Hall–Kier alpha value is -1.14. The number of amides is 1. The van der Waals surface area contributed by atoms with Crippen LogP contribution in [0.3, 0.4) is 0 Å². The van der Waals surface area contributed by atoms with Gasteiger partial charge in [0.05, 0.1) is 12.2 Å². The highest BCUT2D eigenvalue weighted by Crippen LogP contribution is 2.22. The summed E-state index contributed by atoms with van der Waals surface area (Å²) in [4.78, 5) is 24.2. The number of β-amino-alcohol motifs (C(OH)–C–C–N with tert-alkyl or cyclic N) is 1. The number of carboxylic acids is 1. The van der Waals surface area contributed by atoms with Crippen LogP contribution in [0.2, 0.25) is 0 Å². The van der Waals surface area contributed by atoms with Gasteiger partial charge in [0.1, 0.15) is 6.04 Å². The van der Waals surface area contributed by atoms with Crippen molar-refractivity contribution in [3.05, 3.63) is 0 Å². The Balaban J connectivity index is 1.85. The van der Waals surface area contributed by atoms with Crippen molar-refractivity contribution in [3.8, 4) is 0 Å². The second-order valence-electron chi connectivity index (χ2n) is 4.96. The number of hydrogen-bond donors (Lipinski definition) is 2. The van der Waals surface area contributed by atoms with Crippen molar-refractivity contribution in [3.63, 3.8) is 0 Å². The molecule has 0 aromatic heterocycles. The molecule has 0 saturated carbocycles. The van der Waals surface area contributed by atoms with Crippen LogP contribution >= 0.6 is 0 Å². The van der Waals surface area contributed by atoms with Gasteiger partial charge in [-0.05, 0) is 19.3 Å². The molecule has 102 valence electrons. The molecule has 1 amide bonds. The summed E-state index contributed by atoms with van der Waals surface area (Å²) < 4.78 is 5.42. The zero-order valence-electron chi connectivity index (χ0n) is 10.2. The summed E-state index contributed by atoms with van der Waals surface area (Å²) in [6, 6.07) is -0.878. The van der Waals surface area contributed by atoms with Crippen molar-refractivity contribution in [2.75, 3.05) is 13.2 Å². The first-order chi connectivity index (χ1) is 8.58. The first-order valence-corrected chi connectivity index (χ1v) is 6.40. The van der Waals surface area contributed by atoms with Crippen molar-refractivity contribution >= 4 is 11.9 Å². The van der Waals surface area contributed by atoms with Crippen LogP contribution in [0, 0.1) is 0 Å². The third-order valence-electron chi connectivity index (χ3n) is 3.59. The fourth-order valence-electron chi connectivity index (χ4n) is 2.62. The maximum Gasteiger partial charge on any atom is 0.326 e. The van der Waals surface area contributed by atoms with Crippen LogP contribution in [0.1, 0.15) is 32.1 Å². The van der Waals surface area contributed by atoms with E-state index in [1.807, 2.05) is 0 Å². The number of carbonyl (C=O) groups excluding carboxylic acids is 1. The minimum Gasteiger partial charge on any atom is -0.480 e. The molecule has 2 saturated heterocycles. The molecule has 2 fully saturated rings. The third-order valence-corrected chi connectivity index (χ3v) is 3.59. The number of hydrogen-bond acceptors (Lipinski definition) is 4. The first-order valence-electron chi connectivity index (χ1n) is 6.40. The SMILES string of the molecule is O=C(O)[C@H]1C[C@@H](O)CN1C(=O)CCC1CCCO1. The van der Waals surface area contributed by atoms with Crippen molar-refractivity contribution in [1.29, 1.82) is 0 Å². The van der Waals surface area contributed by atoms with E-state index in [9.17, 15) is 14.7 Å². The lowest BCUT2D eigenvalue weighted by molar-refractivity contribution is -0.148. The predicted molar refractivity (Wildman–Crippen MR) is 62.0 cm³/mol. The largest absolute Gasteiger partial charge is 0.480 e. The number of aliphatic hydroxyl groups excluding tert-OH is 1. The summed E-state index contributed by atoms with van der Waals surface area (Å²) in [6.45, 7) is 0.875. The molecule has 2 rings (SSSR count). The highest BCUT2D eigenvalue weighted by molar-refractivity contribution is 5.84. The van der Waals surface area contributed by atoms with Crippen molar-refractivity contribution in [2.45, 2.75) is 50.4 Å². The van der Waals surface area contributed by atoms with Crippen LogP contribution in [-0.4, -0.2) is 58.4 Å². The molecule has 0 bridgehead atoms. The number of likely N-dealkylation sites (tertiary alicyclic amines) is 1. The van der Waals surface area contributed by atoms with Gasteiger partial charge in [0, 0.05) is 26.0 Å². The van der Waals surface area contributed by atoms with Crippen LogP contribution in [0.4, 0.5) is 0 Å². The summed E-state index contributed by atoms with van der Waals surface area (Å²) in [5, 5.41) is 18.5. The molecule has 2 aliphatic heterocycles.